The summed E-state index contributed by atoms with van der Waals surface area (Å²) in [4.78, 5) is 10.3. The quantitative estimate of drug-likeness (QED) is 0.861. The molecule has 0 atom stereocenters. The summed E-state index contributed by atoms with van der Waals surface area (Å²) in [5.74, 6) is -2.81. The number of carbonyl (C=O) groups excluding carboxylic acids is 1. The topological polar surface area (TPSA) is 66.5 Å². The molecule has 104 valence electrons. The van der Waals surface area contributed by atoms with Crippen molar-refractivity contribution in [2.24, 2.45) is 0 Å². The fourth-order valence-electron chi connectivity index (χ4n) is 1.84. The van der Waals surface area contributed by atoms with E-state index in [1.807, 2.05) is 0 Å². The number of carbonyl (C=O) groups is 1. The molecule has 0 spiro atoms. The second-order valence-electron chi connectivity index (χ2n) is 4.09. The predicted molar refractivity (Wildman–Crippen MR) is 62.7 cm³/mol. The highest BCUT2D eigenvalue weighted by Gasteiger charge is 2.32. The maximum absolute atomic E-state index is 13.6. The molecular formula is C11H12F2N2O3S. The summed E-state index contributed by atoms with van der Waals surface area (Å²) in [6.07, 6.45) is 0.390. The normalized spacial score (nSPS) is 17.9. The van der Waals surface area contributed by atoms with Crippen molar-refractivity contribution in [2.75, 3.05) is 19.6 Å². The Kier molecular flexibility index (Phi) is 3.81. The minimum atomic E-state index is -4.36. The summed E-state index contributed by atoms with van der Waals surface area (Å²) in [5, 5.41) is 2.49. The van der Waals surface area contributed by atoms with E-state index < -0.39 is 39.0 Å². The summed E-state index contributed by atoms with van der Waals surface area (Å²) in [5.41, 5.74) is 0. The average molecular weight is 290 g/mol. The van der Waals surface area contributed by atoms with Gasteiger partial charge in [-0.05, 0) is 18.6 Å². The second kappa shape index (κ2) is 5.22. The third-order valence-electron chi connectivity index (χ3n) is 2.74. The van der Waals surface area contributed by atoms with Crippen LogP contribution < -0.4 is 5.32 Å². The molecule has 0 bridgehead atoms. The van der Waals surface area contributed by atoms with Crippen LogP contribution in [0.4, 0.5) is 8.78 Å². The first kappa shape index (κ1) is 13.9. The van der Waals surface area contributed by atoms with Crippen LogP contribution in [-0.4, -0.2) is 38.3 Å². The lowest BCUT2D eigenvalue weighted by Crippen LogP contribution is -2.38. The standard InChI is InChI=1S/C11H12F2N2O3S/c12-8-3-1-4-9(13)11(8)19(17,18)15-6-2-5-14-10(16)7-15/h1,3-4H,2,5-7H2,(H,14,16). The van der Waals surface area contributed by atoms with Crippen molar-refractivity contribution >= 4 is 15.9 Å². The van der Waals surface area contributed by atoms with Gasteiger partial charge in [0.25, 0.3) is 0 Å². The molecule has 0 radical (unpaired) electrons. The zero-order chi connectivity index (χ0) is 14.0. The number of nitrogens with zero attached hydrogens (tertiary/aromatic N) is 1. The third kappa shape index (κ3) is 2.74. The number of benzene rings is 1. The van der Waals surface area contributed by atoms with E-state index in [0.717, 1.165) is 22.5 Å². The smallest absolute Gasteiger partial charge is 0.249 e. The highest BCUT2D eigenvalue weighted by atomic mass is 32.2. The Morgan fingerprint density at radius 3 is 2.47 bits per heavy atom. The molecule has 1 fully saturated rings. The molecule has 0 aromatic heterocycles. The Morgan fingerprint density at radius 2 is 1.84 bits per heavy atom. The molecule has 19 heavy (non-hydrogen) atoms. The Morgan fingerprint density at radius 1 is 1.21 bits per heavy atom. The molecule has 1 heterocycles. The van der Waals surface area contributed by atoms with Gasteiger partial charge in [-0.2, -0.15) is 4.31 Å². The first-order valence-electron chi connectivity index (χ1n) is 5.64. The fourth-order valence-corrected chi connectivity index (χ4v) is 3.39. The van der Waals surface area contributed by atoms with E-state index in [4.69, 9.17) is 0 Å². The lowest BCUT2D eigenvalue weighted by molar-refractivity contribution is -0.120. The van der Waals surface area contributed by atoms with Crippen LogP contribution in [0.25, 0.3) is 0 Å². The van der Waals surface area contributed by atoms with E-state index in [2.05, 4.69) is 5.32 Å². The molecule has 0 saturated carbocycles. The molecule has 1 saturated heterocycles. The van der Waals surface area contributed by atoms with E-state index in [1.165, 1.54) is 0 Å². The zero-order valence-electron chi connectivity index (χ0n) is 9.90. The number of halogens is 2. The molecule has 0 unspecified atom stereocenters. The number of sulfonamides is 1. The number of rotatable bonds is 2. The van der Waals surface area contributed by atoms with Gasteiger partial charge in [0.05, 0.1) is 6.54 Å². The molecule has 1 aliphatic rings. The summed E-state index contributed by atoms with van der Waals surface area (Å²) < 4.78 is 52.3. The molecule has 1 aliphatic heterocycles. The lowest BCUT2D eigenvalue weighted by Gasteiger charge is -2.19. The Labute approximate surface area is 109 Å². The van der Waals surface area contributed by atoms with Crippen molar-refractivity contribution in [1.82, 2.24) is 9.62 Å². The van der Waals surface area contributed by atoms with Crippen molar-refractivity contribution in [2.45, 2.75) is 11.3 Å². The van der Waals surface area contributed by atoms with Crippen LogP contribution in [0.15, 0.2) is 23.1 Å². The maximum Gasteiger partial charge on any atom is 0.249 e. The van der Waals surface area contributed by atoms with Crippen molar-refractivity contribution in [3.63, 3.8) is 0 Å². The zero-order valence-corrected chi connectivity index (χ0v) is 10.7. The molecule has 5 nitrogen and oxygen atoms in total. The van der Waals surface area contributed by atoms with Crippen LogP contribution in [0.5, 0.6) is 0 Å². The predicted octanol–water partition coefficient (Wildman–Crippen LogP) is 0.475. The maximum atomic E-state index is 13.6. The lowest BCUT2D eigenvalue weighted by atomic mass is 10.3. The van der Waals surface area contributed by atoms with Crippen molar-refractivity contribution in [3.05, 3.63) is 29.8 Å². The van der Waals surface area contributed by atoms with Crippen molar-refractivity contribution in [1.29, 1.82) is 0 Å². The van der Waals surface area contributed by atoms with E-state index in [9.17, 15) is 22.0 Å². The summed E-state index contributed by atoms with van der Waals surface area (Å²) in [6, 6.07) is 2.82. The first-order chi connectivity index (χ1) is 8.93. The monoisotopic (exact) mass is 290 g/mol. The minimum Gasteiger partial charge on any atom is -0.355 e. The van der Waals surface area contributed by atoms with E-state index >= 15 is 0 Å². The Hall–Kier alpha value is -1.54. The second-order valence-corrected chi connectivity index (χ2v) is 5.97. The molecule has 1 aromatic rings. The highest BCUT2D eigenvalue weighted by molar-refractivity contribution is 7.89. The molecular weight excluding hydrogens is 278 g/mol. The van der Waals surface area contributed by atoms with Gasteiger partial charge in [-0.25, -0.2) is 17.2 Å². The summed E-state index contributed by atoms with van der Waals surface area (Å²) >= 11 is 0. The van der Waals surface area contributed by atoms with Crippen molar-refractivity contribution in [3.8, 4) is 0 Å². The number of nitrogens with one attached hydrogen (secondary N) is 1. The number of hydrogen-bond donors (Lipinski definition) is 1. The van der Waals surface area contributed by atoms with E-state index in [-0.39, 0.29) is 6.54 Å². The Balaban J connectivity index is 2.44. The van der Waals surface area contributed by atoms with E-state index in [1.54, 1.807) is 0 Å². The Bertz CT molecular complexity index is 584. The minimum absolute atomic E-state index is 0.0366. The van der Waals surface area contributed by atoms with Gasteiger partial charge in [-0.15, -0.1) is 0 Å². The van der Waals surface area contributed by atoms with Crippen molar-refractivity contribution < 1.29 is 22.0 Å². The van der Waals surface area contributed by atoms with Gasteiger partial charge in [0.1, 0.15) is 11.6 Å². The van der Waals surface area contributed by atoms with Crippen LogP contribution in [-0.2, 0) is 14.8 Å². The highest BCUT2D eigenvalue weighted by Crippen LogP contribution is 2.22. The van der Waals surface area contributed by atoms with Gasteiger partial charge in [0, 0.05) is 13.1 Å². The molecule has 2 rings (SSSR count). The van der Waals surface area contributed by atoms with Crippen LogP contribution in [0.1, 0.15) is 6.42 Å². The number of amides is 1. The van der Waals surface area contributed by atoms with E-state index in [0.29, 0.717) is 13.0 Å². The first-order valence-corrected chi connectivity index (χ1v) is 7.08. The summed E-state index contributed by atoms with van der Waals surface area (Å²) in [7, 11) is -4.36. The van der Waals surface area contributed by atoms with Crippen LogP contribution in [0.2, 0.25) is 0 Å². The molecule has 8 heteroatoms. The van der Waals surface area contributed by atoms with Gasteiger partial charge in [-0.1, -0.05) is 6.07 Å². The van der Waals surface area contributed by atoms with Crippen LogP contribution in [0, 0.1) is 11.6 Å². The molecule has 1 N–H and O–H groups in total. The SMILES string of the molecule is O=C1CN(S(=O)(=O)c2c(F)cccc2F)CCCN1. The third-order valence-corrected chi connectivity index (χ3v) is 4.64. The fraction of sp³-hybridized carbons (Fsp3) is 0.364. The molecule has 1 aromatic carbocycles. The van der Waals surface area contributed by atoms with Crippen LogP contribution in [0.3, 0.4) is 0 Å². The van der Waals surface area contributed by atoms with Gasteiger partial charge in [0.2, 0.25) is 15.9 Å². The van der Waals surface area contributed by atoms with Crippen LogP contribution >= 0.6 is 0 Å². The van der Waals surface area contributed by atoms with Gasteiger partial charge in [-0.3, -0.25) is 4.79 Å². The van der Waals surface area contributed by atoms with Gasteiger partial charge >= 0.3 is 0 Å². The largest absolute Gasteiger partial charge is 0.355 e. The average Bonchev–Trinajstić information content (AvgIpc) is 2.53. The number of hydrogen-bond acceptors (Lipinski definition) is 3. The molecule has 1 amide bonds. The molecule has 0 aliphatic carbocycles. The summed E-state index contributed by atoms with van der Waals surface area (Å²) in [6.45, 7) is -0.0600. The van der Waals surface area contributed by atoms with Gasteiger partial charge in [0.15, 0.2) is 4.90 Å². The van der Waals surface area contributed by atoms with Gasteiger partial charge < -0.3 is 5.32 Å².